The molecule has 124 valence electrons. The zero-order valence-electron chi connectivity index (χ0n) is 14.0. The summed E-state index contributed by atoms with van der Waals surface area (Å²) < 4.78 is 2.11. The van der Waals surface area contributed by atoms with Crippen LogP contribution in [0.5, 0.6) is 11.5 Å². The SMILES string of the molecule is Cn1c(-c2ccc(O)cc2)c(Cc2ccccc2)c2ccc(O)cc21. The van der Waals surface area contributed by atoms with E-state index in [2.05, 4.69) is 16.7 Å². The summed E-state index contributed by atoms with van der Waals surface area (Å²) in [5, 5.41) is 20.7. The van der Waals surface area contributed by atoms with E-state index in [1.165, 1.54) is 11.1 Å². The van der Waals surface area contributed by atoms with Crippen LogP contribution in [0.25, 0.3) is 22.2 Å². The highest BCUT2D eigenvalue weighted by atomic mass is 16.3. The van der Waals surface area contributed by atoms with E-state index in [9.17, 15) is 10.2 Å². The molecule has 3 heteroatoms. The molecule has 0 aliphatic carbocycles. The van der Waals surface area contributed by atoms with E-state index in [0.29, 0.717) is 0 Å². The summed E-state index contributed by atoms with van der Waals surface area (Å²) in [6.45, 7) is 0. The smallest absolute Gasteiger partial charge is 0.117 e. The highest BCUT2D eigenvalue weighted by molar-refractivity contribution is 5.93. The maximum absolute atomic E-state index is 9.91. The van der Waals surface area contributed by atoms with Gasteiger partial charge in [0.05, 0.1) is 11.2 Å². The molecule has 0 radical (unpaired) electrons. The molecule has 2 N–H and O–H groups in total. The van der Waals surface area contributed by atoms with Crippen molar-refractivity contribution in [3.63, 3.8) is 0 Å². The van der Waals surface area contributed by atoms with Crippen LogP contribution in [0.3, 0.4) is 0 Å². The van der Waals surface area contributed by atoms with E-state index in [-0.39, 0.29) is 11.5 Å². The number of phenols is 2. The molecule has 4 aromatic rings. The van der Waals surface area contributed by atoms with Gasteiger partial charge in [-0.3, -0.25) is 0 Å². The largest absolute Gasteiger partial charge is 0.508 e. The van der Waals surface area contributed by atoms with E-state index < -0.39 is 0 Å². The lowest BCUT2D eigenvalue weighted by Crippen LogP contribution is -1.95. The number of aromatic nitrogens is 1. The van der Waals surface area contributed by atoms with Gasteiger partial charge in [-0.05, 0) is 53.1 Å². The van der Waals surface area contributed by atoms with Crippen LogP contribution in [-0.2, 0) is 13.5 Å². The number of phenolic OH excluding ortho intramolecular Hbond substituents is 2. The van der Waals surface area contributed by atoms with Crippen molar-refractivity contribution in [3.05, 3.63) is 83.9 Å². The van der Waals surface area contributed by atoms with Crippen molar-refractivity contribution in [2.45, 2.75) is 6.42 Å². The number of aryl methyl sites for hydroxylation is 1. The van der Waals surface area contributed by atoms with Gasteiger partial charge in [0, 0.05) is 24.9 Å². The summed E-state index contributed by atoms with van der Waals surface area (Å²) in [7, 11) is 2.01. The number of aromatic hydroxyl groups is 2. The van der Waals surface area contributed by atoms with Crippen molar-refractivity contribution >= 4 is 10.9 Å². The summed E-state index contributed by atoms with van der Waals surface area (Å²) in [6, 6.07) is 23.1. The van der Waals surface area contributed by atoms with Crippen LogP contribution in [0, 0.1) is 0 Å². The molecule has 3 aromatic carbocycles. The topological polar surface area (TPSA) is 45.4 Å². The number of benzene rings is 3. The Labute approximate surface area is 146 Å². The predicted octanol–water partition coefficient (Wildman–Crippen LogP) is 4.85. The Balaban J connectivity index is 1.97. The third-order valence-corrected chi connectivity index (χ3v) is 4.65. The van der Waals surface area contributed by atoms with Crippen LogP contribution >= 0.6 is 0 Å². The minimum Gasteiger partial charge on any atom is -0.508 e. The molecule has 25 heavy (non-hydrogen) atoms. The Morgan fingerprint density at radius 3 is 2.20 bits per heavy atom. The van der Waals surface area contributed by atoms with E-state index in [1.807, 2.05) is 43.4 Å². The molecule has 3 nitrogen and oxygen atoms in total. The lowest BCUT2D eigenvalue weighted by Gasteiger charge is -2.09. The van der Waals surface area contributed by atoms with Gasteiger partial charge in [0.15, 0.2) is 0 Å². The zero-order chi connectivity index (χ0) is 17.4. The van der Waals surface area contributed by atoms with Crippen molar-refractivity contribution in [1.29, 1.82) is 0 Å². The maximum Gasteiger partial charge on any atom is 0.117 e. The van der Waals surface area contributed by atoms with Gasteiger partial charge in [0.2, 0.25) is 0 Å². The van der Waals surface area contributed by atoms with Crippen molar-refractivity contribution in [2.75, 3.05) is 0 Å². The Bertz CT molecular complexity index is 1030. The molecule has 0 bridgehead atoms. The molecular formula is C22H19NO2. The summed E-state index contributed by atoms with van der Waals surface area (Å²) >= 11 is 0. The molecule has 0 saturated carbocycles. The van der Waals surface area contributed by atoms with E-state index >= 15 is 0 Å². The van der Waals surface area contributed by atoms with Crippen LogP contribution in [0.15, 0.2) is 72.8 Å². The standard InChI is InChI=1S/C22H19NO2/c1-23-21-14-18(25)11-12-19(21)20(13-15-5-3-2-4-6-15)22(23)16-7-9-17(24)10-8-16/h2-12,14,24-25H,13H2,1H3. The van der Waals surface area contributed by atoms with Crippen LogP contribution in [0.4, 0.5) is 0 Å². The molecule has 0 fully saturated rings. The second-order valence-corrected chi connectivity index (χ2v) is 6.30. The summed E-state index contributed by atoms with van der Waals surface area (Å²) in [4.78, 5) is 0. The van der Waals surface area contributed by atoms with Crippen molar-refractivity contribution in [1.82, 2.24) is 4.57 Å². The number of rotatable bonds is 3. The quantitative estimate of drug-likeness (QED) is 0.564. The summed E-state index contributed by atoms with van der Waals surface area (Å²) in [6.07, 6.45) is 0.805. The van der Waals surface area contributed by atoms with Gasteiger partial charge >= 0.3 is 0 Å². The zero-order valence-corrected chi connectivity index (χ0v) is 14.0. The second kappa shape index (κ2) is 6.02. The van der Waals surface area contributed by atoms with Gasteiger partial charge in [-0.1, -0.05) is 30.3 Å². The van der Waals surface area contributed by atoms with Gasteiger partial charge in [-0.25, -0.2) is 0 Å². The highest BCUT2D eigenvalue weighted by Gasteiger charge is 2.17. The first-order chi connectivity index (χ1) is 12.1. The first-order valence-electron chi connectivity index (χ1n) is 8.27. The average molecular weight is 329 g/mol. The van der Waals surface area contributed by atoms with Crippen LogP contribution < -0.4 is 0 Å². The lowest BCUT2D eigenvalue weighted by molar-refractivity contribution is 0.475. The third-order valence-electron chi connectivity index (χ3n) is 4.65. The fourth-order valence-electron chi connectivity index (χ4n) is 3.47. The van der Waals surface area contributed by atoms with Gasteiger partial charge < -0.3 is 14.8 Å². The van der Waals surface area contributed by atoms with Crippen LogP contribution in [-0.4, -0.2) is 14.8 Å². The predicted molar refractivity (Wildman–Crippen MR) is 101 cm³/mol. The molecule has 0 aliphatic heterocycles. The first kappa shape index (κ1) is 15.3. The molecule has 0 unspecified atom stereocenters. The molecule has 0 aliphatic rings. The molecule has 1 aromatic heterocycles. The average Bonchev–Trinajstić information content (AvgIpc) is 2.88. The van der Waals surface area contributed by atoms with E-state index in [1.54, 1.807) is 24.3 Å². The van der Waals surface area contributed by atoms with Crippen LogP contribution in [0.1, 0.15) is 11.1 Å². The van der Waals surface area contributed by atoms with Crippen LogP contribution in [0.2, 0.25) is 0 Å². The van der Waals surface area contributed by atoms with Gasteiger partial charge in [0.1, 0.15) is 11.5 Å². The molecular weight excluding hydrogens is 310 g/mol. The van der Waals surface area contributed by atoms with E-state index in [4.69, 9.17) is 0 Å². The lowest BCUT2D eigenvalue weighted by atomic mass is 9.98. The fourth-order valence-corrected chi connectivity index (χ4v) is 3.47. The summed E-state index contributed by atoms with van der Waals surface area (Å²) in [5.74, 6) is 0.515. The monoisotopic (exact) mass is 329 g/mol. The molecule has 0 amide bonds. The number of fused-ring (bicyclic) bond motifs is 1. The molecule has 4 rings (SSSR count). The normalized spacial score (nSPS) is 11.1. The van der Waals surface area contributed by atoms with Gasteiger partial charge in [-0.2, -0.15) is 0 Å². The number of hydrogen-bond donors (Lipinski definition) is 2. The summed E-state index contributed by atoms with van der Waals surface area (Å²) in [5.41, 5.74) is 5.60. The van der Waals surface area contributed by atoms with Crippen molar-refractivity contribution in [3.8, 4) is 22.8 Å². The molecule has 1 heterocycles. The number of nitrogens with zero attached hydrogens (tertiary/aromatic N) is 1. The highest BCUT2D eigenvalue weighted by Crippen LogP contribution is 2.36. The van der Waals surface area contributed by atoms with E-state index in [0.717, 1.165) is 28.6 Å². The number of hydrogen-bond acceptors (Lipinski definition) is 2. The Morgan fingerprint density at radius 1 is 0.800 bits per heavy atom. The Morgan fingerprint density at radius 2 is 1.48 bits per heavy atom. The third kappa shape index (κ3) is 2.74. The molecule has 0 saturated heterocycles. The molecule has 0 atom stereocenters. The van der Waals surface area contributed by atoms with Crippen molar-refractivity contribution in [2.24, 2.45) is 7.05 Å². The van der Waals surface area contributed by atoms with Gasteiger partial charge in [-0.15, -0.1) is 0 Å². The minimum atomic E-state index is 0.254. The second-order valence-electron chi connectivity index (χ2n) is 6.30. The minimum absolute atomic E-state index is 0.254. The Kier molecular flexibility index (Phi) is 3.69. The first-order valence-corrected chi connectivity index (χ1v) is 8.27. The maximum atomic E-state index is 9.91. The van der Waals surface area contributed by atoms with Crippen molar-refractivity contribution < 1.29 is 10.2 Å². The Hall–Kier alpha value is -3.20. The fraction of sp³-hybridized carbons (Fsp3) is 0.0909. The van der Waals surface area contributed by atoms with Gasteiger partial charge in [0.25, 0.3) is 0 Å². The molecule has 0 spiro atoms.